The lowest BCUT2D eigenvalue weighted by Gasteiger charge is -2.18. The SMILES string of the molecule is NC1(C(=O)O)CCC(n2cccn2)C1. The van der Waals surface area contributed by atoms with Crippen LogP contribution in [0.25, 0.3) is 0 Å². The summed E-state index contributed by atoms with van der Waals surface area (Å²) in [6, 6.07) is 1.96. The third kappa shape index (κ3) is 1.39. The van der Waals surface area contributed by atoms with E-state index < -0.39 is 11.5 Å². The van der Waals surface area contributed by atoms with Gasteiger partial charge in [0.1, 0.15) is 5.54 Å². The van der Waals surface area contributed by atoms with Gasteiger partial charge in [-0.25, -0.2) is 0 Å². The van der Waals surface area contributed by atoms with E-state index in [0.717, 1.165) is 6.42 Å². The van der Waals surface area contributed by atoms with Crippen LogP contribution in [0.5, 0.6) is 0 Å². The van der Waals surface area contributed by atoms with Gasteiger partial charge in [-0.3, -0.25) is 9.48 Å². The monoisotopic (exact) mass is 195 g/mol. The van der Waals surface area contributed by atoms with Gasteiger partial charge >= 0.3 is 5.97 Å². The number of nitrogens with two attached hydrogens (primary N) is 1. The minimum absolute atomic E-state index is 0.131. The van der Waals surface area contributed by atoms with Crippen molar-refractivity contribution in [1.29, 1.82) is 0 Å². The maximum absolute atomic E-state index is 10.9. The Labute approximate surface area is 81.5 Å². The lowest BCUT2D eigenvalue weighted by Crippen LogP contribution is -2.45. The van der Waals surface area contributed by atoms with Crippen molar-refractivity contribution in [2.24, 2.45) is 5.73 Å². The first-order chi connectivity index (χ1) is 6.62. The van der Waals surface area contributed by atoms with Crippen molar-refractivity contribution < 1.29 is 9.90 Å². The number of carboxylic acids is 1. The highest BCUT2D eigenvalue weighted by atomic mass is 16.4. The van der Waals surface area contributed by atoms with Crippen LogP contribution in [0.2, 0.25) is 0 Å². The summed E-state index contributed by atoms with van der Waals surface area (Å²) in [4.78, 5) is 10.9. The van der Waals surface area contributed by atoms with Gasteiger partial charge in [0.15, 0.2) is 0 Å². The third-order valence-corrected chi connectivity index (χ3v) is 2.85. The predicted molar refractivity (Wildman–Crippen MR) is 49.7 cm³/mol. The topological polar surface area (TPSA) is 81.1 Å². The average Bonchev–Trinajstić information content (AvgIpc) is 2.72. The highest BCUT2D eigenvalue weighted by molar-refractivity contribution is 5.78. The summed E-state index contributed by atoms with van der Waals surface area (Å²) in [5, 5.41) is 13.0. The second-order valence-corrected chi connectivity index (χ2v) is 3.84. The van der Waals surface area contributed by atoms with Crippen molar-refractivity contribution in [2.45, 2.75) is 30.8 Å². The van der Waals surface area contributed by atoms with Crippen LogP contribution in [0.3, 0.4) is 0 Å². The largest absolute Gasteiger partial charge is 0.480 e. The van der Waals surface area contributed by atoms with Gasteiger partial charge in [-0.2, -0.15) is 5.10 Å². The predicted octanol–water partition coefficient (Wildman–Crippen LogP) is 0.390. The van der Waals surface area contributed by atoms with E-state index in [-0.39, 0.29) is 6.04 Å². The van der Waals surface area contributed by atoms with Crippen molar-refractivity contribution in [1.82, 2.24) is 9.78 Å². The van der Waals surface area contributed by atoms with Crippen molar-refractivity contribution in [3.63, 3.8) is 0 Å². The molecule has 1 aliphatic carbocycles. The molecule has 1 saturated carbocycles. The number of aliphatic carboxylic acids is 1. The molecule has 5 heteroatoms. The second kappa shape index (κ2) is 3.09. The quantitative estimate of drug-likeness (QED) is 0.715. The van der Waals surface area contributed by atoms with Crippen molar-refractivity contribution >= 4 is 5.97 Å². The number of carboxylic acid groups (broad SMARTS) is 1. The maximum atomic E-state index is 10.9. The van der Waals surface area contributed by atoms with E-state index in [1.165, 1.54) is 0 Å². The highest BCUT2D eigenvalue weighted by Gasteiger charge is 2.42. The molecule has 1 aromatic rings. The summed E-state index contributed by atoms with van der Waals surface area (Å²) in [5.74, 6) is -0.910. The molecule has 0 aliphatic heterocycles. The molecule has 0 saturated heterocycles. The number of hydrogen-bond donors (Lipinski definition) is 2. The van der Waals surface area contributed by atoms with Crippen LogP contribution in [-0.4, -0.2) is 26.4 Å². The summed E-state index contributed by atoms with van der Waals surface area (Å²) in [6.45, 7) is 0. The summed E-state index contributed by atoms with van der Waals surface area (Å²) in [7, 11) is 0. The Balaban J connectivity index is 2.12. The number of rotatable bonds is 2. The molecule has 0 spiro atoms. The Bertz CT molecular complexity index is 336. The molecule has 1 aromatic heterocycles. The van der Waals surface area contributed by atoms with Gasteiger partial charge in [0.25, 0.3) is 0 Å². The van der Waals surface area contributed by atoms with E-state index in [0.29, 0.717) is 12.8 Å². The molecule has 1 aliphatic rings. The Morgan fingerprint density at radius 2 is 2.50 bits per heavy atom. The lowest BCUT2D eigenvalue weighted by atomic mass is 9.99. The molecule has 14 heavy (non-hydrogen) atoms. The molecule has 0 radical (unpaired) electrons. The van der Waals surface area contributed by atoms with Gasteiger partial charge < -0.3 is 10.8 Å². The van der Waals surface area contributed by atoms with Gasteiger partial charge in [-0.15, -0.1) is 0 Å². The first-order valence-electron chi connectivity index (χ1n) is 4.63. The van der Waals surface area contributed by atoms with E-state index in [1.807, 2.05) is 12.3 Å². The van der Waals surface area contributed by atoms with Crippen LogP contribution >= 0.6 is 0 Å². The minimum Gasteiger partial charge on any atom is -0.480 e. The lowest BCUT2D eigenvalue weighted by molar-refractivity contribution is -0.143. The molecule has 3 N–H and O–H groups in total. The van der Waals surface area contributed by atoms with E-state index >= 15 is 0 Å². The number of nitrogens with zero attached hydrogens (tertiary/aromatic N) is 2. The van der Waals surface area contributed by atoms with Gasteiger partial charge in [-0.05, 0) is 25.3 Å². The van der Waals surface area contributed by atoms with Crippen LogP contribution < -0.4 is 5.73 Å². The van der Waals surface area contributed by atoms with E-state index in [4.69, 9.17) is 10.8 Å². The van der Waals surface area contributed by atoms with Gasteiger partial charge in [0.2, 0.25) is 0 Å². The molecule has 5 nitrogen and oxygen atoms in total. The number of hydrogen-bond acceptors (Lipinski definition) is 3. The summed E-state index contributed by atoms with van der Waals surface area (Å²) in [6.07, 6.45) is 5.30. The zero-order chi connectivity index (χ0) is 10.2. The zero-order valence-electron chi connectivity index (χ0n) is 7.76. The maximum Gasteiger partial charge on any atom is 0.323 e. The Hall–Kier alpha value is -1.36. The molecular formula is C9H13N3O2. The number of carbonyl (C=O) groups is 1. The van der Waals surface area contributed by atoms with Crippen molar-refractivity contribution in [3.8, 4) is 0 Å². The van der Waals surface area contributed by atoms with Gasteiger partial charge in [0.05, 0.1) is 6.04 Å². The Kier molecular flexibility index (Phi) is 2.03. The van der Waals surface area contributed by atoms with Crippen LogP contribution in [0, 0.1) is 0 Å². The molecule has 2 rings (SSSR count). The molecule has 2 unspecified atom stereocenters. The minimum atomic E-state index is -1.06. The van der Waals surface area contributed by atoms with Crippen LogP contribution in [-0.2, 0) is 4.79 Å². The van der Waals surface area contributed by atoms with Crippen LogP contribution in [0.1, 0.15) is 25.3 Å². The molecule has 0 bridgehead atoms. The second-order valence-electron chi connectivity index (χ2n) is 3.84. The summed E-state index contributed by atoms with van der Waals surface area (Å²) < 4.78 is 1.79. The van der Waals surface area contributed by atoms with E-state index in [9.17, 15) is 4.79 Å². The first-order valence-corrected chi connectivity index (χ1v) is 4.63. The molecule has 0 aromatic carbocycles. The Morgan fingerprint density at radius 3 is 3.00 bits per heavy atom. The standard InChI is InChI=1S/C9H13N3O2/c10-9(8(13)14)3-2-7(6-9)12-5-1-4-11-12/h1,4-5,7H,2-3,6,10H2,(H,13,14). The molecular weight excluding hydrogens is 182 g/mol. The van der Waals surface area contributed by atoms with E-state index in [2.05, 4.69) is 5.10 Å². The molecule has 0 amide bonds. The first kappa shape index (κ1) is 9.21. The van der Waals surface area contributed by atoms with Gasteiger partial charge in [-0.1, -0.05) is 0 Å². The van der Waals surface area contributed by atoms with Gasteiger partial charge in [0, 0.05) is 12.4 Å². The Morgan fingerprint density at radius 1 is 1.71 bits per heavy atom. The smallest absolute Gasteiger partial charge is 0.323 e. The third-order valence-electron chi connectivity index (χ3n) is 2.85. The average molecular weight is 195 g/mol. The fourth-order valence-electron chi connectivity index (χ4n) is 1.97. The fraction of sp³-hybridized carbons (Fsp3) is 0.556. The number of aromatic nitrogens is 2. The van der Waals surface area contributed by atoms with Crippen molar-refractivity contribution in [3.05, 3.63) is 18.5 Å². The molecule has 1 heterocycles. The van der Waals surface area contributed by atoms with E-state index in [1.54, 1.807) is 10.9 Å². The zero-order valence-corrected chi connectivity index (χ0v) is 7.76. The summed E-state index contributed by atoms with van der Waals surface area (Å²) in [5.41, 5.74) is 4.70. The normalized spacial score (nSPS) is 31.9. The molecule has 76 valence electrons. The van der Waals surface area contributed by atoms with Crippen LogP contribution in [0.4, 0.5) is 0 Å². The summed E-state index contributed by atoms with van der Waals surface area (Å²) >= 11 is 0. The van der Waals surface area contributed by atoms with Crippen molar-refractivity contribution in [2.75, 3.05) is 0 Å². The molecule has 1 fully saturated rings. The fourth-order valence-corrected chi connectivity index (χ4v) is 1.97. The molecule has 2 atom stereocenters. The highest BCUT2D eigenvalue weighted by Crippen LogP contribution is 2.35. The van der Waals surface area contributed by atoms with Crippen LogP contribution in [0.15, 0.2) is 18.5 Å².